The average molecular weight is 458 g/mol. The van der Waals surface area contributed by atoms with E-state index in [1.54, 1.807) is 14.5 Å². The minimum Gasteiger partial charge on any atom is -0.365 e. The van der Waals surface area contributed by atoms with Crippen LogP contribution in [0.3, 0.4) is 0 Å². The van der Waals surface area contributed by atoms with Crippen LogP contribution < -0.4 is 0 Å². The zero-order chi connectivity index (χ0) is 21.4. The first-order valence-corrected chi connectivity index (χ1v) is 11.3. The fourth-order valence-electron chi connectivity index (χ4n) is 3.88. The number of amides is 2. The number of carbonyl (C=O) groups is 2. The average Bonchev–Trinajstić information content (AvgIpc) is 3.49. The summed E-state index contributed by atoms with van der Waals surface area (Å²) in [5, 5.41) is 10.9. The van der Waals surface area contributed by atoms with Crippen molar-refractivity contribution in [2.45, 2.75) is 19.3 Å². The van der Waals surface area contributed by atoms with Crippen LogP contribution in [0.4, 0.5) is 0 Å². The highest BCUT2D eigenvalue weighted by Crippen LogP contribution is 2.28. The Hall–Kier alpha value is -2.75. The lowest BCUT2D eigenvalue weighted by molar-refractivity contribution is -0.00202. The molecule has 3 aromatic rings. The first kappa shape index (κ1) is 20.2. The first-order chi connectivity index (χ1) is 15.1. The van der Waals surface area contributed by atoms with Gasteiger partial charge in [-0.2, -0.15) is 0 Å². The number of thiophene rings is 1. The quantitative estimate of drug-likeness (QED) is 0.604. The number of carbonyl (C=O) groups excluding carboxylic acids is 2. The van der Waals surface area contributed by atoms with Crippen LogP contribution in [-0.4, -0.2) is 62.8 Å². The molecule has 2 aliphatic heterocycles. The molecule has 0 radical (unpaired) electrons. The Morgan fingerprint density at radius 2 is 1.74 bits per heavy atom. The van der Waals surface area contributed by atoms with Crippen molar-refractivity contribution in [2.24, 2.45) is 0 Å². The lowest BCUT2D eigenvalue weighted by Crippen LogP contribution is -2.50. The van der Waals surface area contributed by atoms with Gasteiger partial charge in [0.05, 0.1) is 23.7 Å². The molecule has 5 rings (SSSR count). The van der Waals surface area contributed by atoms with Gasteiger partial charge in [-0.3, -0.25) is 9.59 Å². The third kappa shape index (κ3) is 3.96. The van der Waals surface area contributed by atoms with Crippen molar-refractivity contribution in [2.75, 3.05) is 26.2 Å². The Morgan fingerprint density at radius 3 is 2.42 bits per heavy atom. The van der Waals surface area contributed by atoms with Gasteiger partial charge in [-0.25, -0.2) is 4.68 Å². The Balaban J connectivity index is 1.24. The molecule has 1 atom stereocenters. The highest BCUT2D eigenvalue weighted by atomic mass is 35.5. The first-order valence-electron chi connectivity index (χ1n) is 10.0. The number of piperazine rings is 1. The molecule has 1 saturated heterocycles. The largest absolute Gasteiger partial charge is 0.365 e. The Labute approximate surface area is 188 Å². The second kappa shape index (κ2) is 8.41. The predicted octanol–water partition coefficient (Wildman–Crippen LogP) is 2.86. The summed E-state index contributed by atoms with van der Waals surface area (Å²) in [5.74, 6) is -0.150. The van der Waals surface area contributed by atoms with E-state index in [0.717, 1.165) is 10.4 Å². The van der Waals surface area contributed by atoms with Crippen LogP contribution in [-0.2, 0) is 17.9 Å². The second-order valence-corrected chi connectivity index (χ2v) is 8.86. The lowest BCUT2D eigenvalue weighted by atomic mass is 10.1. The van der Waals surface area contributed by atoms with Crippen LogP contribution >= 0.6 is 22.9 Å². The third-order valence-electron chi connectivity index (χ3n) is 5.63. The molecule has 0 N–H and O–H groups in total. The summed E-state index contributed by atoms with van der Waals surface area (Å²) in [6.07, 6.45) is -0.166. The van der Waals surface area contributed by atoms with Crippen molar-refractivity contribution in [1.29, 1.82) is 0 Å². The molecular weight excluding hydrogens is 438 g/mol. The molecule has 10 heteroatoms. The van der Waals surface area contributed by atoms with Crippen molar-refractivity contribution in [3.05, 3.63) is 68.6 Å². The number of benzene rings is 1. The van der Waals surface area contributed by atoms with Crippen molar-refractivity contribution >= 4 is 34.8 Å². The summed E-state index contributed by atoms with van der Waals surface area (Å²) in [6.45, 7) is 2.69. The van der Waals surface area contributed by atoms with Crippen LogP contribution in [0.5, 0.6) is 0 Å². The summed E-state index contributed by atoms with van der Waals surface area (Å²) in [4.78, 5) is 29.8. The van der Waals surface area contributed by atoms with Gasteiger partial charge in [-0.1, -0.05) is 35.0 Å². The third-order valence-corrected chi connectivity index (χ3v) is 6.74. The van der Waals surface area contributed by atoms with E-state index in [4.69, 9.17) is 16.3 Å². The van der Waals surface area contributed by atoms with E-state index in [9.17, 15) is 9.59 Å². The monoisotopic (exact) mass is 457 g/mol. The van der Waals surface area contributed by atoms with Gasteiger partial charge >= 0.3 is 0 Å². The van der Waals surface area contributed by atoms with Crippen molar-refractivity contribution in [3.63, 3.8) is 0 Å². The molecule has 31 heavy (non-hydrogen) atoms. The van der Waals surface area contributed by atoms with E-state index in [2.05, 4.69) is 10.3 Å². The number of rotatable bonds is 3. The number of hydrogen-bond acceptors (Lipinski definition) is 6. The van der Waals surface area contributed by atoms with Crippen LogP contribution in [0.15, 0.2) is 41.8 Å². The molecule has 4 heterocycles. The molecular formula is C21H20ClN5O3S. The standard InChI is InChI=1S/C21H20ClN5O3S/c22-15-5-3-14(4-6-15)17-12-27-16(13-30-17)19(23-24-27)21(29)26-9-7-25(8-10-26)20(28)18-2-1-11-31-18/h1-6,11,17H,7-10,12-13H2. The molecule has 2 amide bonds. The molecule has 0 spiro atoms. The maximum Gasteiger partial charge on any atom is 0.276 e. The zero-order valence-corrected chi connectivity index (χ0v) is 18.2. The van der Waals surface area contributed by atoms with Crippen molar-refractivity contribution in [3.8, 4) is 0 Å². The van der Waals surface area contributed by atoms with Gasteiger partial charge in [0.25, 0.3) is 11.8 Å². The van der Waals surface area contributed by atoms with Gasteiger partial charge in [-0.15, -0.1) is 16.4 Å². The number of ether oxygens (including phenoxy) is 1. The molecule has 8 nitrogen and oxygen atoms in total. The van der Waals surface area contributed by atoms with E-state index in [1.165, 1.54) is 11.3 Å². The molecule has 1 unspecified atom stereocenters. The number of fused-ring (bicyclic) bond motifs is 1. The molecule has 0 aliphatic carbocycles. The van der Waals surface area contributed by atoms with E-state index >= 15 is 0 Å². The molecule has 1 fully saturated rings. The molecule has 1 aromatic carbocycles. The highest BCUT2D eigenvalue weighted by molar-refractivity contribution is 7.12. The number of halogens is 1. The Bertz CT molecular complexity index is 1090. The summed E-state index contributed by atoms with van der Waals surface area (Å²) in [7, 11) is 0. The van der Waals surface area contributed by atoms with Crippen LogP contribution in [0.2, 0.25) is 5.02 Å². The maximum absolute atomic E-state index is 13.1. The second-order valence-electron chi connectivity index (χ2n) is 7.48. The minimum atomic E-state index is -0.169. The summed E-state index contributed by atoms with van der Waals surface area (Å²) in [6, 6.07) is 11.2. The Morgan fingerprint density at radius 1 is 1.03 bits per heavy atom. The van der Waals surface area contributed by atoms with E-state index in [0.29, 0.717) is 49.1 Å². The highest BCUT2D eigenvalue weighted by Gasteiger charge is 2.32. The number of aromatic nitrogens is 3. The van der Waals surface area contributed by atoms with Gasteiger partial charge in [0.2, 0.25) is 0 Å². The smallest absolute Gasteiger partial charge is 0.276 e. The van der Waals surface area contributed by atoms with E-state index < -0.39 is 0 Å². The fourth-order valence-corrected chi connectivity index (χ4v) is 4.69. The molecule has 2 aromatic heterocycles. The molecule has 160 valence electrons. The molecule has 0 bridgehead atoms. The lowest BCUT2D eigenvalue weighted by Gasteiger charge is -2.34. The van der Waals surface area contributed by atoms with Crippen LogP contribution in [0, 0.1) is 0 Å². The summed E-state index contributed by atoms with van der Waals surface area (Å²) in [5.41, 5.74) is 2.02. The normalized spacial score (nSPS) is 18.7. The van der Waals surface area contributed by atoms with E-state index in [-0.39, 0.29) is 24.5 Å². The maximum atomic E-state index is 13.1. The van der Waals surface area contributed by atoms with Crippen molar-refractivity contribution in [1.82, 2.24) is 24.8 Å². The number of nitrogens with zero attached hydrogens (tertiary/aromatic N) is 5. The SMILES string of the molecule is O=C(c1cccs1)N1CCN(C(=O)c2nnn3c2COC(c2ccc(Cl)cc2)C3)CC1. The van der Waals surface area contributed by atoms with Gasteiger partial charge in [0.15, 0.2) is 5.69 Å². The van der Waals surface area contributed by atoms with Crippen molar-refractivity contribution < 1.29 is 14.3 Å². The summed E-state index contributed by atoms with van der Waals surface area (Å²) < 4.78 is 7.73. The fraction of sp³-hybridized carbons (Fsp3) is 0.333. The minimum absolute atomic E-state index is 0.0183. The van der Waals surface area contributed by atoms with Crippen LogP contribution in [0.1, 0.15) is 37.5 Å². The van der Waals surface area contributed by atoms with Gasteiger partial charge < -0.3 is 14.5 Å². The van der Waals surface area contributed by atoms with Gasteiger partial charge in [0, 0.05) is 31.2 Å². The predicted molar refractivity (Wildman–Crippen MR) is 115 cm³/mol. The Kier molecular flexibility index (Phi) is 5.47. The summed E-state index contributed by atoms with van der Waals surface area (Å²) >= 11 is 7.40. The van der Waals surface area contributed by atoms with Gasteiger partial charge in [0.1, 0.15) is 6.10 Å². The number of hydrogen-bond donors (Lipinski definition) is 0. The van der Waals surface area contributed by atoms with Crippen LogP contribution in [0.25, 0.3) is 0 Å². The van der Waals surface area contributed by atoms with Gasteiger partial charge in [-0.05, 0) is 29.1 Å². The zero-order valence-electron chi connectivity index (χ0n) is 16.6. The van der Waals surface area contributed by atoms with E-state index in [1.807, 2.05) is 41.8 Å². The molecule has 0 saturated carbocycles. The topological polar surface area (TPSA) is 80.6 Å². The molecule has 2 aliphatic rings.